The minimum atomic E-state index is -0.641. The summed E-state index contributed by atoms with van der Waals surface area (Å²) in [6.07, 6.45) is 0.644. The summed E-state index contributed by atoms with van der Waals surface area (Å²) < 4.78 is 27.5. The van der Waals surface area contributed by atoms with Crippen molar-refractivity contribution in [3.63, 3.8) is 0 Å². The van der Waals surface area contributed by atoms with Crippen LogP contribution in [-0.4, -0.2) is 10.8 Å². The molecule has 0 saturated carbocycles. The van der Waals surface area contributed by atoms with E-state index in [1.54, 1.807) is 29.3 Å². The fourth-order valence-corrected chi connectivity index (χ4v) is 2.81. The van der Waals surface area contributed by atoms with Crippen molar-refractivity contribution < 1.29 is 13.9 Å². The Bertz CT molecular complexity index is 779. The van der Waals surface area contributed by atoms with Crippen LogP contribution in [0.5, 0.6) is 5.75 Å². The lowest BCUT2D eigenvalue weighted by molar-refractivity contribution is 0.474. The van der Waals surface area contributed by atoms with Crippen molar-refractivity contribution in [2.45, 2.75) is 33.2 Å². The molecule has 0 saturated heterocycles. The number of hydrogen-bond acceptors (Lipinski definition) is 3. The third-order valence-corrected chi connectivity index (χ3v) is 4.21. The van der Waals surface area contributed by atoms with E-state index in [-0.39, 0.29) is 22.9 Å². The minimum absolute atomic E-state index is 0.152. The van der Waals surface area contributed by atoms with E-state index in [2.05, 4.69) is 25.9 Å². The molecule has 0 aromatic heterocycles. The molecule has 2 aromatic rings. The van der Waals surface area contributed by atoms with E-state index in [0.717, 1.165) is 17.3 Å². The first-order valence-electron chi connectivity index (χ1n) is 7.87. The number of hydrogen-bond donors (Lipinski definition) is 1. The highest BCUT2D eigenvalue weighted by Gasteiger charge is 2.35. The number of nitrogens with zero attached hydrogens (tertiary/aromatic N) is 2. The Kier molecular flexibility index (Phi) is 4.03. The summed E-state index contributed by atoms with van der Waals surface area (Å²) in [7, 11) is 0. The molecule has 0 amide bonds. The predicted octanol–water partition coefficient (Wildman–Crippen LogP) is 5.02. The number of anilines is 1. The van der Waals surface area contributed by atoms with Gasteiger partial charge in [0, 0.05) is 23.6 Å². The summed E-state index contributed by atoms with van der Waals surface area (Å²) in [6, 6.07) is 10.1. The van der Waals surface area contributed by atoms with Gasteiger partial charge < -0.3 is 5.11 Å². The maximum atomic E-state index is 14.3. The first-order chi connectivity index (χ1) is 11.3. The molecule has 0 fully saturated rings. The van der Waals surface area contributed by atoms with Crippen LogP contribution in [0.4, 0.5) is 14.5 Å². The number of hydrazone groups is 1. The van der Waals surface area contributed by atoms with E-state index in [0.29, 0.717) is 6.42 Å². The Hall–Kier alpha value is -2.43. The van der Waals surface area contributed by atoms with Gasteiger partial charge in [-0.2, -0.15) is 5.10 Å². The zero-order chi connectivity index (χ0) is 17.5. The largest absolute Gasteiger partial charge is 0.508 e. The highest BCUT2D eigenvalue weighted by Crippen LogP contribution is 2.40. The van der Waals surface area contributed by atoms with Gasteiger partial charge in [-0.3, -0.25) is 5.01 Å². The molecule has 1 N–H and O–H groups in total. The fourth-order valence-electron chi connectivity index (χ4n) is 2.81. The van der Waals surface area contributed by atoms with E-state index in [4.69, 9.17) is 0 Å². The van der Waals surface area contributed by atoms with Crippen molar-refractivity contribution in [2.24, 2.45) is 10.5 Å². The van der Waals surface area contributed by atoms with Gasteiger partial charge in [-0.05, 0) is 29.8 Å². The van der Waals surface area contributed by atoms with Crippen molar-refractivity contribution in [1.29, 1.82) is 0 Å². The first kappa shape index (κ1) is 16.4. The zero-order valence-electron chi connectivity index (χ0n) is 13.9. The van der Waals surface area contributed by atoms with Crippen molar-refractivity contribution in [1.82, 2.24) is 0 Å². The van der Waals surface area contributed by atoms with Crippen molar-refractivity contribution >= 4 is 11.4 Å². The van der Waals surface area contributed by atoms with Crippen LogP contribution in [-0.2, 0) is 0 Å². The predicted molar refractivity (Wildman–Crippen MR) is 91.2 cm³/mol. The van der Waals surface area contributed by atoms with Crippen LogP contribution >= 0.6 is 0 Å². The van der Waals surface area contributed by atoms with Crippen LogP contribution in [0.15, 0.2) is 47.6 Å². The number of halogens is 2. The molecule has 126 valence electrons. The fraction of sp³-hybridized carbons (Fsp3) is 0.316. The van der Waals surface area contributed by atoms with Gasteiger partial charge in [-0.1, -0.05) is 32.9 Å². The topological polar surface area (TPSA) is 35.8 Å². The Labute approximate surface area is 140 Å². The monoisotopic (exact) mass is 330 g/mol. The number of benzene rings is 2. The Morgan fingerprint density at radius 2 is 1.75 bits per heavy atom. The molecule has 2 aromatic carbocycles. The summed E-state index contributed by atoms with van der Waals surface area (Å²) >= 11 is 0. The van der Waals surface area contributed by atoms with Crippen LogP contribution in [0, 0.1) is 17.0 Å². The van der Waals surface area contributed by atoms with Gasteiger partial charge in [0.2, 0.25) is 0 Å². The summed E-state index contributed by atoms with van der Waals surface area (Å²) in [5.74, 6) is -1.08. The van der Waals surface area contributed by atoms with Gasteiger partial charge >= 0.3 is 0 Å². The van der Waals surface area contributed by atoms with E-state index in [1.807, 2.05) is 0 Å². The maximum Gasteiger partial charge on any atom is 0.151 e. The highest BCUT2D eigenvalue weighted by molar-refractivity contribution is 5.93. The summed E-state index contributed by atoms with van der Waals surface area (Å²) in [5.41, 5.74) is 1.96. The molecule has 24 heavy (non-hydrogen) atoms. The third-order valence-electron chi connectivity index (χ3n) is 4.21. The Morgan fingerprint density at radius 1 is 1.08 bits per heavy atom. The average Bonchev–Trinajstić information content (AvgIpc) is 2.93. The molecule has 0 bridgehead atoms. The number of aromatic hydroxyl groups is 1. The SMILES string of the molecule is CC(C)(C)C1=NN(c2ccc(F)cc2F)C(c2ccc(O)cc2)C1. The van der Waals surface area contributed by atoms with Gasteiger partial charge in [0.05, 0.1) is 11.7 Å². The lowest BCUT2D eigenvalue weighted by Crippen LogP contribution is -2.20. The smallest absolute Gasteiger partial charge is 0.151 e. The average molecular weight is 330 g/mol. The molecule has 0 aliphatic carbocycles. The number of phenolic OH excluding ortho intramolecular Hbond substituents is 1. The molecule has 1 aliphatic heterocycles. The Morgan fingerprint density at radius 3 is 2.33 bits per heavy atom. The second-order valence-corrected chi connectivity index (χ2v) is 7.05. The molecular formula is C19H20F2N2O. The molecule has 1 unspecified atom stereocenters. The molecule has 5 heteroatoms. The van der Waals surface area contributed by atoms with Crippen LogP contribution in [0.25, 0.3) is 0 Å². The zero-order valence-corrected chi connectivity index (χ0v) is 13.9. The van der Waals surface area contributed by atoms with Crippen LogP contribution in [0.3, 0.4) is 0 Å². The van der Waals surface area contributed by atoms with E-state index < -0.39 is 11.6 Å². The number of rotatable bonds is 2. The molecule has 1 aliphatic rings. The van der Waals surface area contributed by atoms with Crippen LogP contribution < -0.4 is 5.01 Å². The molecular weight excluding hydrogens is 310 g/mol. The normalized spacial score (nSPS) is 18.0. The molecule has 0 spiro atoms. The lowest BCUT2D eigenvalue weighted by atomic mass is 9.86. The molecule has 1 heterocycles. The van der Waals surface area contributed by atoms with Gasteiger partial charge in [-0.15, -0.1) is 0 Å². The van der Waals surface area contributed by atoms with Gasteiger partial charge in [0.15, 0.2) is 5.82 Å². The van der Waals surface area contributed by atoms with E-state index in [1.165, 1.54) is 12.1 Å². The molecule has 3 rings (SSSR count). The summed E-state index contributed by atoms with van der Waals surface area (Å²) in [6.45, 7) is 6.18. The molecule has 1 atom stereocenters. The van der Waals surface area contributed by atoms with Crippen molar-refractivity contribution in [3.05, 3.63) is 59.7 Å². The second kappa shape index (κ2) is 5.89. The molecule has 3 nitrogen and oxygen atoms in total. The van der Waals surface area contributed by atoms with E-state index >= 15 is 0 Å². The first-order valence-corrected chi connectivity index (χ1v) is 7.87. The maximum absolute atomic E-state index is 14.3. The summed E-state index contributed by atoms with van der Waals surface area (Å²) in [5, 5.41) is 15.7. The van der Waals surface area contributed by atoms with Crippen LogP contribution in [0.2, 0.25) is 0 Å². The van der Waals surface area contributed by atoms with Gasteiger partial charge in [-0.25, -0.2) is 8.78 Å². The van der Waals surface area contributed by atoms with Crippen molar-refractivity contribution in [2.75, 3.05) is 5.01 Å². The van der Waals surface area contributed by atoms with E-state index in [9.17, 15) is 13.9 Å². The van der Waals surface area contributed by atoms with Crippen molar-refractivity contribution in [3.8, 4) is 5.75 Å². The van der Waals surface area contributed by atoms with Crippen LogP contribution in [0.1, 0.15) is 38.8 Å². The second-order valence-electron chi connectivity index (χ2n) is 7.05. The lowest BCUT2D eigenvalue weighted by Gasteiger charge is -2.24. The quantitative estimate of drug-likeness (QED) is 0.839. The van der Waals surface area contributed by atoms with Gasteiger partial charge in [0.1, 0.15) is 11.6 Å². The molecule has 0 radical (unpaired) electrons. The Balaban J connectivity index is 2.06. The minimum Gasteiger partial charge on any atom is -0.508 e. The number of phenols is 1. The highest BCUT2D eigenvalue weighted by atomic mass is 19.1. The standard InChI is InChI=1S/C19H20F2N2O/c1-19(2,3)18-11-17(12-4-7-14(24)8-5-12)23(22-18)16-9-6-13(20)10-15(16)21/h4-10,17,24H,11H2,1-3H3. The third kappa shape index (κ3) is 3.11. The summed E-state index contributed by atoms with van der Waals surface area (Å²) in [4.78, 5) is 0. The van der Waals surface area contributed by atoms with Gasteiger partial charge in [0.25, 0.3) is 0 Å².